The quantitative estimate of drug-likeness (QED) is 0.918. The van der Waals surface area contributed by atoms with Crippen molar-refractivity contribution in [3.05, 3.63) is 11.7 Å². The highest BCUT2D eigenvalue weighted by Gasteiger charge is 2.52. The van der Waals surface area contributed by atoms with Gasteiger partial charge in [-0.2, -0.15) is 18.2 Å². The molecule has 0 unspecified atom stereocenters. The molecular weight excluding hydrogens is 303 g/mol. The summed E-state index contributed by atoms with van der Waals surface area (Å²) in [6, 6.07) is 0. The highest BCUT2D eigenvalue weighted by Crippen LogP contribution is 2.38. The first-order chi connectivity index (χ1) is 9.98. The first kappa shape index (κ1) is 16.7. The zero-order valence-electron chi connectivity index (χ0n) is 12.5. The van der Waals surface area contributed by atoms with Crippen molar-refractivity contribution in [3.63, 3.8) is 0 Å². The summed E-state index contributed by atoms with van der Waals surface area (Å²) in [7, 11) is 0. The van der Waals surface area contributed by atoms with Crippen LogP contribution in [0.25, 0.3) is 0 Å². The zero-order chi connectivity index (χ0) is 16.7. The molecule has 0 amide bonds. The van der Waals surface area contributed by atoms with Crippen LogP contribution in [-0.4, -0.2) is 45.4 Å². The van der Waals surface area contributed by atoms with Crippen molar-refractivity contribution in [3.8, 4) is 0 Å². The van der Waals surface area contributed by atoms with Gasteiger partial charge in [-0.3, -0.25) is 9.69 Å². The minimum Gasteiger partial charge on any atom is -0.481 e. The van der Waals surface area contributed by atoms with Crippen LogP contribution in [0.1, 0.15) is 32.5 Å². The maximum atomic E-state index is 12.9. The molecule has 2 rings (SSSR count). The Bertz CT molecular complexity index is 551. The van der Waals surface area contributed by atoms with Gasteiger partial charge in [-0.05, 0) is 0 Å². The second-order valence-electron chi connectivity index (χ2n) is 6.55. The van der Waals surface area contributed by atoms with E-state index in [4.69, 9.17) is 9.63 Å². The lowest BCUT2D eigenvalue weighted by Gasteiger charge is -2.18. The molecule has 0 saturated carbocycles. The molecule has 6 nitrogen and oxygen atoms in total. The average Bonchev–Trinajstić information content (AvgIpc) is 2.94. The molecule has 1 fully saturated rings. The number of aliphatic carboxylic acids is 1. The number of hydrogen-bond donors (Lipinski definition) is 1. The van der Waals surface area contributed by atoms with Gasteiger partial charge in [0, 0.05) is 18.5 Å². The largest absolute Gasteiger partial charge is 0.481 e. The third-order valence-electron chi connectivity index (χ3n) is 3.63. The van der Waals surface area contributed by atoms with Crippen LogP contribution in [-0.2, 0) is 16.8 Å². The van der Waals surface area contributed by atoms with Gasteiger partial charge in [-0.1, -0.05) is 25.9 Å². The van der Waals surface area contributed by atoms with Gasteiger partial charge >= 0.3 is 12.1 Å². The molecule has 1 saturated heterocycles. The molecule has 0 aromatic carbocycles. The van der Waals surface area contributed by atoms with Crippen LogP contribution < -0.4 is 0 Å². The van der Waals surface area contributed by atoms with Crippen molar-refractivity contribution in [1.82, 2.24) is 15.0 Å². The van der Waals surface area contributed by atoms with Crippen LogP contribution in [0.4, 0.5) is 13.2 Å². The van der Waals surface area contributed by atoms with Gasteiger partial charge < -0.3 is 9.63 Å². The third-order valence-corrected chi connectivity index (χ3v) is 3.63. The summed E-state index contributed by atoms with van der Waals surface area (Å²) < 4.78 is 43.7. The number of likely N-dealkylation sites (tertiary alicyclic amines) is 1. The highest BCUT2D eigenvalue weighted by molar-refractivity contribution is 5.71. The maximum Gasteiger partial charge on any atom is 0.393 e. The molecule has 1 aromatic rings. The number of alkyl halides is 3. The number of rotatable bonds is 3. The molecule has 9 heteroatoms. The van der Waals surface area contributed by atoms with E-state index in [0.29, 0.717) is 5.82 Å². The van der Waals surface area contributed by atoms with Crippen LogP contribution >= 0.6 is 0 Å². The van der Waals surface area contributed by atoms with E-state index in [-0.39, 0.29) is 30.9 Å². The molecule has 2 heterocycles. The van der Waals surface area contributed by atoms with E-state index in [2.05, 4.69) is 10.1 Å². The molecule has 2 atom stereocenters. The Balaban J connectivity index is 2.08. The van der Waals surface area contributed by atoms with E-state index < -0.39 is 24.0 Å². The Morgan fingerprint density at radius 1 is 1.36 bits per heavy atom. The fourth-order valence-electron chi connectivity index (χ4n) is 2.41. The molecule has 1 aromatic heterocycles. The van der Waals surface area contributed by atoms with Gasteiger partial charge in [0.2, 0.25) is 5.89 Å². The van der Waals surface area contributed by atoms with E-state index in [1.54, 1.807) is 0 Å². The number of halogens is 3. The number of carboxylic acids is 1. The summed E-state index contributed by atoms with van der Waals surface area (Å²) in [4.78, 5) is 16.6. The third kappa shape index (κ3) is 3.57. The Labute approximate surface area is 125 Å². The summed E-state index contributed by atoms with van der Waals surface area (Å²) in [5.41, 5.74) is -0.329. The van der Waals surface area contributed by atoms with Crippen LogP contribution in [0.15, 0.2) is 4.52 Å². The monoisotopic (exact) mass is 321 g/mol. The Hall–Kier alpha value is -1.64. The summed E-state index contributed by atoms with van der Waals surface area (Å²) in [6.07, 6.45) is -4.54. The predicted octanol–water partition coefficient (Wildman–Crippen LogP) is 2.06. The zero-order valence-corrected chi connectivity index (χ0v) is 12.5. The van der Waals surface area contributed by atoms with Crippen molar-refractivity contribution in [1.29, 1.82) is 0 Å². The van der Waals surface area contributed by atoms with E-state index in [0.717, 1.165) is 0 Å². The van der Waals surface area contributed by atoms with Crippen molar-refractivity contribution in [2.45, 2.75) is 38.9 Å². The highest BCUT2D eigenvalue weighted by atomic mass is 19.4. The van der Waals surface area contributed by atoms with E-state index in [1.807, 2.05) is 20.8 Å². The molecule has 0 spiro atoms. The average molecular weight is 321 g/mol. The second-order valence-corrected chi connectivity index (χ2v) is 6.55. The van der Waals surface area contributed by atoms with Crippen molar-refractivity contribution >= 4 is 5.97 Å². The standard InChI is InChI=1S/C13H18F3N3O3/c1-12(2,3)11-17-9(22-18-11)6-19-4-7(10(20)21)8(5-19)13(14,15)16/h7-8H,4-6H2,1-3H3,(H,20,21)/t7-,8-/m1/s1. The molecule has 22 heavy (non-hydrogen) atoms. The normalized spacial score (nSPS) is 23.9. The second kappa shape index (κ2) is 5.53. The number of carbonyl (C=O) groups is 1. The fraction of sp³-hybridized carbons (Fsp3) is 0.769. The minimum atomic E-state index is -4.54. The summed E-state index contributed by atoms with van der Waals surface area (Å²) >= 11 is 0. The van der Waals surface area contributed by atoms with Gasteiger partial charge in [0.15, 0.2) is 5.82 Å². The minimum absolute atomic E-state index is 0.0133. The van der Waals surface area contributed by atoms with Crippen LogP contribution in [0.5, 0.6) is 0 Å². The molecule has 1 aliphatic heterocycles. The Morgan fingerprint density at radius 2 is 2.00 bits per heavy atom. The summed E-state index contributed by atoms with van der Waals surface area (Å²) in [6.45, 7) is 5.10. The molecular formula is C13H18F3N3O3. The van der Waals surface area contributed by atoms with Crippen molar-refractivity contribution in [2.24, 2.45) is 11.8 Å². The van der Waals surface area contributed by atoms with Crippen molar-refractivity contribution in [2.75, 3.05) is 13.1 Å². The predicted molar refractivity (Wildman–Crippen MR) is 68.9 cm³/mol. The smallest absolute Gasteiger partial charge is 0.393 e. The summed E-state index contributed by atoms with van der Waals surface area (Å²) in [5, 5.41) is 12.8. The number of aromatic nitrogens is 2. The number of nitrogens with zero attached hydrogens (tertiary/aromatic N) is 3. The van der Waals surface area contributed by atoms with Gasteiger partial charge in [-0.25, -0.2) is 0 Å². The maximum absolute atomic E-state index is 12.9. The van der Waals surface area contributed by atoms with Gasteiger partial charge in [0.25, 0.3) is 0 Å². The topological polar surface area (TPSA) is 79.5 Å². The van der Waals surface area contributed by atoms with Gasteiger partial charge in [0.05, 0.1) is 18.4 Å². The lowest BCUT2D eigenvalue weighted by atomic mass is 9.96. The lowest BCUT2D eigenvalue weighted by Crippen LogP contribution is -2.33. The molecule has 0 radical (unpaired) electrons. The fourth-order valence-corrected chi connectivity index (χ4v) is 2.41. The van der Waals surface area contributed by atoms with Crippen LogP contribution in [0.2, 0.25) is 0 Å². The molecule has 124 valence electrons. The molecule has 0 aliphatic carbocycles. The molecule has 1 aliphatic rings. The molecule has 0 bridgehead atoms. The number of carboxylic acid groups (broad SMARTS) is 1. The van der Waals surface area contributed by atoms with E-state index in [9.17, 15) is 18.0 Å². The van der Waals surface area contributed by atoms with Crippen LogP contribution in [0.3, 0.4) is 0 Å². The first-order valence-electron chi connectivity index (χ1n) is 6.83. The summed E-state index contributed by atoms with van der Waals surface area (Å²) in [5.74, 6) is -4.13. The Kier molecular flexibility index (Phi) is 4.20. The lowest BCUT2D eigenvalue weighted by molar-refractivity contribution is -0.188. The molecule has 1 N–H and O–H groups in total. The van der Waals surface area contributed by atoms with Gasteiger partial charge in [0.1, 0.15) is 0 Å². The SMILES string of the molecule is CC(C)(C)c1noc(CN2C[C@@H](C(F)(F)F)[C@H](C(=O)O)C2)n1. The Morgan fingerprint density at radius 3 is 2.41 bits per heavy atom. The van der Waals surface area contributed by atoms with Crippen molar-refractivity contribution < 1.29 is 27.6 Å². The first-order valence-corrected chi connectivity index (χ1v) is 6.83. The van der Waals surface area contributed by atoms with E-state index in [1.165, 1.54) is 4.90 Å². The van der Waals surface area contributed by atoms with Gasteiger partial charge in [-0.15, -0.1) is 0 Å². The van der Waals surface area contributed by atoms with Crippen LogP contribution in [0, 0.1) is 11.8 Å². The van der Waals surface area contributed by atoms with E-state index >= 15 is 0 Å². The number of hydrogen-bond acceptors (Lipinski definition) is 5.